The average molecular weight is 301 g/mol. The van der Waals surface area contributed by atoms with Crippen molar-refractivity contribution >= 4 is 23.0 Å². The first-order valence-corrected chi connectivity index (χ1v) is 6.92. The Labute approximate surface area is 128 Å². The minimum Gasteiger partial charge on any atom is -0.478 e. The number of carbonyl (C=O) groups excluding carboxylic acids is 1. The summed E-state index contributed by atoms with van der Waals surface area (Å²) in [4.78, 5) is 23.3. The van der Waals surface area contributed by atoms with E-state index in [4.69, 9.17) is 9.84 Å². The number of hydrogen-bond donors (Lipinski definition) is 1. The van der Waals surface area contributed by atoms with Crippen molar-refractivity contribution in [2.75, 3.05) is 0 Å². The Bertz CT molecular complexity index is 750. The number of carboxylic acids is 1. The maximum absolute atomic E-state index is 12.3. The van der Waals surface area contributed by atoms with Crippen LogP contribution in [0.4, 0.5) is 4.79 Å². The number of ether oxygens (including phenoxy) is 1. The maximum Gasteiger partial charge on any atom is 0.419 e. The molecule has 0 atom stereocenters. The summed E-state index contributed by atoms with van der Waals surface area (Å²) in [5.74, 6) is -1.05. The van der Waals surface area contributed by atoms with Crippen LogP contribution in [0.15, 0.2) is 42.6 Å². The molecule has 1 heterocycles. The number of carbonyl (C=O) groups is 2. The van der Waals surface area contributed by atoms with Gasteiger partial charge in [-0.05, 0) is 32.4 Å². The smallest absolute Gasteiger partial charge is 0.419 e. The first-order chi connectivity index (χ1) is 10.2. The first kappa shape index (κ1) is 15.8. The molecule has 1 N–H and O–H groups in total. The fraction of sp³-hybridized carbons (Fsp3) is 0.294. The molecule has 0 aliphatic rings. The normalized spacial score (nSPS) is 11.4. The van der Waals surface area contributed by atoms with Crippen LogP contribution in [0.2, 0.25) is 0 Å². The van der Waals surface area contributed by atoms with Gasteiger partial charge in [0.1, 0.15) is 5.60 Å². The van der Waals surface area contributed by atoms with Crippen LogP contribution < -0.4 is 0 Å². The van der Waals surface area contributed by atoms with Crippen molar-refractivity contribution < 1.29 is 19.4 Å². The van der Waals surface area contributed by atoms with Gasteiger partial charge in [0.15, 0.2) is 0 Å². The van der Waals surface area contributed by atoms with Gasteiger partial charge in [0.25, 0.3) is 0 Å². The molecule has 2 rings (SSSR count). The van der Waals surface area contributed by atoms with Gasteiger partial charge in [0.2, 0.25) is 0 Å². The zero-order valence-electron chi connectivity index (χ0n) is 12.9. The van der Waals surface area contributed by atoms with E-state index in [1.54, 1.807) is 33.0 Å². The second kappa shape index (κ2) is 5.67. The third-order valence-corrected chi connectivity index (χ3v) is 3.09. The number of carboxylic acid groups (broad SMARTS) is 1. The van der Waals surface area contributed by atoms with E-state index in [-0.39, 0.29) is 12.0 Å². The fourth-order valence-electron chi connectivity index (χ4n) is 2.16. The molecule has 2 aromatic rings. The van der Waals surface area contributed by atoms with Gasteiger partial charge in [-0.2, -0.15) is 0 Å². The minimum absolute atomic E-state index is 0.0760. The number of benzene rings is 1. The van der Waals surface area contributed by atoms with Gasteiger partial charge in [-0.25, -0.2) is 9.59 Å². The quantitative estimate of drug-likeness (QED) is 0.879. The van der Waals surface area contributed by atoms with Crippen molar-refractivity contribution in [2.45, 2.75) is 32.8 Å². The molecule has 116 valence electrons. The molecule has 0 aliphatic heterocycles. The van der Waals surface area contributed by atoms with Gasteiger partial charge in [-0.15, -0.1) is 0 Å². The topological polar surface area (TPSA) is 68.5 Å². The summed E-state index contributed by atoms with van der Waals surface area (Å²) >= 11 is 0. The Kier molecular flexibility index (Phi) is 4.08. The van der Waals surface area contributed by atoms with E-state index in [1.807, 2.05) is 18.2 Å². The molecule has 0 fully saturated rings. The van der Waals surface area contributed by atoms with Crippen molar-refractivity contribution in [1.29, 1.82) is 0 Å². The highest BCUT2D eigenvalue weighted by atomic mass is 16.6. The molecular weight excluding hydrogens is 282 g/mol. The predicted octanol–water partition coefficient (Wildman–Crippen LogP) is 3.61. The lowest BCUT2D eigenvalue weighted by Gasteiger charge is -2.19. The van der Waals surface area contributed by atoms with E-state index in [0.29, 0.717) is 5.52 Å². The van der Waals surface area contributed by atoms with Crippen LogP contribution in [0.5, 0.6) is 0 Å². The number of fused-ring (bicyclic) bond motifs is 1. The summed E-state index contributed by atoms with van der Waals surface area (Å²) in [5, 5.41) is 9.80. The summed E-state index contributed by atoms with van der Waals surface area (Å²) in [6.07, 6.45) is 1.30. The Morgan fingerprint density at radius 2 is 1.91 bits per heavy atom. The Balaban J connectivity index is 2.46. The number of aliphatic carboxylic acids is 1. The molecule has 0 radical (unpaired) electrons. The minimum atomic E-state index is -1.05. The van der Waals surface area contributed by atoms with Crippen molar-refractivity contribution in [1.82, 2.24) is 4.57 Å². The molecule has 0 unspecified atom stereocenters. The molecule has 22 heavy (non-hydrogen) atoms. The molecule has 0 saturated carbocycles. The van der Waals surface area contributed by atoms with Crippen LogP contribution in [0.25, 0.3) is 10.9 Å². The van der Waals surface area contributed by atoms with Crippen LogP contribution in [-0.4, -0.2) is 27.3 Å². The molecule has 1 aromatic heterocycles. The maximum atomic E-state index is 12.3. The second-order valence-corrected chi connectivity index (χ2v) is 6.11. The van der Waals surface area contributed by atoms with E-state index in [1.165, 1.54) is 4.57 Å². The van der Waals surface area contributed by atoms with Gasteiger partial charge in [0, 0.05) is 23.6 Å². The fourth-order valence-corrected chi connectivity index (χ4v) is 2.16. The molecule has 0 bridgehead atoms. The Morgan fingerprint density at radius 3 is 2.50 bits per heavy atom. The van der Waals surface area contributed by atoms with E-state index in [0.717, 1.165) is 10.9 Å². The van der Waals surface area contributed by atoms with Crippen LogP contribution in [0.1, 0.15) is 26.3 Å². The molecule has 0 aliphatic carbocycles. The van der Waals surface area contributed by atoms with Crippen molar-refractivity contribution in [3.63, 3.8) is 0 Å². The first-order valence-electron chi connectivity index (χ1n) is 6.92. The third-order valence-electron chi connectivity index (χ3n) is 3.09. The molecule has 0 spiro atoms. The number of hydrogen-bond acceptors (Lipinski definition) is 3. The standard InChI is InChI=1S/C17H19NO4/c1-11(15(19)20)9-12-10-18(16(21)22-17(2,3)4)14-8-6-5-7-13(12)14/h5-8,10H,1,9H2,2-4H3,(H,19,20). The average Bonchev–Trinajstić information content (AvgIpc) is 2.76. The molecule has 1 aromatic carbocycles. The van der Waals surface area contributed by atoms with Gasteiger partial charge in [-0.3, -0.25) is 4.57 Å². The highest BCUT2D eigenvalue weighted by Gasteiger charge is 2.21. The lowest BCUT2D eigenvalue weighted by atomic mass is 10.1. The van der Waals surface area contributed by atoms with Crippen LogP contribution in [0, 0.1) is 0 Å². The second-order valence-electron chi connectivity index (χ2n) is 6.11. The number of rotatable bonds is 3. The number of aromatic nitrogens is 1. The highest BCUT2D eigenvalue weighted by molar-refractivity contribution is 5.94. The van der Waals surface area contributed by atoms with Gasteiger partial charge in [-0.1, -0.05) is 24.8 Å². The van der Waals surface area contributed by atoms with Crippen LogP contribution in [0.3, 0.4) is 0 Å². The summed E-state index contributed by atoms with van der Waals surface area (Å²) in [6, 6.07) is 7.31. The summed E-state index contributed by atoms with van der Waals surface area (Å²) < 4.78 is 6.79. The van der Waals surface area contributed by atoms with Gasteiger partial charge >= 0.3 is 12.1 Å². The Morgan fingerprint density at radius 1 is 1.27 bits per heavy atom. The monoisotopic (exact) mass is 301 g/mol. The van der Waals surface area contributed by atoms with Crippen molar-refractivity contribution in [2.24, 2.45) is 0 Å². The third kappa shape index (κ3) is 3.36. The predicted molar refractivity (Wildman–Crippen MR) is 84.0 cm³/mol. The zero-order valence-corrected chi connectivity index (χ0v) is 12.9. The highest BCUT2D eigenvalue weighted by Crippen LogP contribution is 2.24. The summed E-state index contributed by atoms with van der Waals surface area (Å²) in [5.41, 5.74) is 0.888. The molecule has 0 amide bonds. The van der Waals surface area contributed by atoms with Crippen LogP contribution in [-0.2, 0) is 16.0 Å². The lowest BCUT2D eigenvalue weighted by molar-refractivity contribution is -0.132. The van der Waals surface area contributed by atoms with Crippen molar-refractivity contribution in [3.8, 4) is 0 Å². The summed E-state index contributed by atoms with van der Waals surface area (Å²) in [7, 11) is 0. The van der Waals surface area contributed by atoms with Crippen LogP contribution >= 0.6 is 0 Å². The molecule has 5 heteroatoms. The molecular formula is C17H19NO4. The Hall–Kier alpha value is -2.56. The number of para-hydroxylation sites is 1. The van der Waals surface area contributed by atoms with Gasteiger partial charge in [0.05, 0.1) is 5.52 Å². The lowest BCUT2D eigenvalue weighted by Crippen LogP contribution is -2.26. The zero-order chi connectivity index (χ0) is 16.5. The summed E-state index contributed by atoms with van der Waals surface area (Å²) in [6.45, 7) is 8.93. The van der Waals surface area contributed by atoms with E-state index in [9.17, 15) is 9.59 Å². The van der Waals surface area contributed by atoms with Gasteiger partial charge < -0.3 is 9.84 Å². The van der Waals surface area contributed by atoms with E-state index in [2.05, 4.69) is 6.58 Å². The number of nitrogens with zero attached hydrogens (tertiary/aromatic N) is 1. The van der Waals surface area contributed by atoms with Crippen molar-refractivity contribution in [3.05, 3.63) is 48.2 Å². The largest absolute Gasteiger partial charge is 0.478 e. The molecule has 5 nitrogen and oxygen atoms in total. The van der Waals surface area contributed by atoms with E-state index >= 15 is 0 Å². The SMILES string of the molecule is C=C(Cc1cn(C(=O)OC(C)(C)C)c2ccccc12)C(=O)O. The van der Waals surface area contributed by atoms with E-state index < -0.39 is 17.7 Å². The molecule has 0 saturated heterocycles.